The van der Waals surface area contributed by atoms with Gasteiger partial charge in [0, 0.05) is 55.4 Å². The lowest BCUT2D eigenvalue weighted by Crippen LogP contribution is -2.46. The molecule has 2 rings (SSSR count). The number of anilines is 1. The Balaban J connectivity index is 2.23. The van der Waals surface area contributed by atoms with E-state index in [1.165, 1.54) is 0 Å². The van der Waals surface area contributed by atoms with Crippen LogP contribution < -0.4 is 10.6 Å². The first-order chi connectivity index (χ1) is 9.43. The summed E-state index contributed by atoms with van der Waals surface area (Å²) in [5.41, 5.74) is 6.82. The van der Waals surface area contributed by atoms with Gasteiger partial charge in [-0.1, -0.05) is 18.3 Å². The summed E-state index contributed by atoms with van der Waals surface area (Å²) in [7, 11) is 1.94. The first-order valence-electron chi connectivity index (χ1n) is 6.52. The highest BCUT2D eigenvalue weighted by Crippen LogP contribution is 2.30. The molecule has 0 spiro atoms. The van der Waals surface area contributed by atoms with Gasteiger partial charge in [0.1, 0.15) is 4.99 Å². The number of nitrogens with zero attached hydrogens (tertiary/aromatic N) is 1. The summed E-state index contributed by atoms with van der Waals surface area (Å²) >= 11 is 8.61. The van der Waals surface area contributed by atoms with Crippen molar-refractivity contribution in [2.45, 2.75) is 18.4 Å². The minimum Gasteiger partial charge on any atom is -0.389 e. The summed E-state index contributed by atoms with van der Waals surface area (Å²) in [4.78, 5) is 2.35. The number of benzene rings is 1. The molecule has 1 aliphatic heterocycles. The quantitative estimate of drug-likeness (QED) is 0.806. The molecule has 1 aliphatic rings. The van der Waals surface area contributed by atoms with Crippen LogP contribution in [0, 0.1) is 0 Å². The predicted molar refractivity (Wildman–Crippen MR) is 88.3 cm³/mol. The average Bonchev–Trinajstić information content (AvgIpc) is 2.38. The SMILES string of the molecule is CN(CC1(O)CCOCC1)c1cccc(Br)c1C(N)=S. The fraction of sp³-hybridized carbons (Fsp3) is 0.500. The molecule has 1 fully saturated rings. The van der Waals surface area contributed by atoms with E-state index in [0.29, 0.717) is 37.6 Å². The molecule has 6 heteroatoms. The van der Waals surface area contributed by atoms with Gasteiger partial charge in [0.2, 0.25) is 0 Å². The van der Waals surface area contributed by atoms with Gasteiger partial charge in [-0.2, -0.15) is 0 Å². The van der Waals surface area contributed by atoms with Gasteiger partial charge in [0.25, 0.3) is 0 Å². The van der Waals surface area contributed by atoms with Crippen LogP contribution in [0.25, 0.3) is 0 Å². The second-order valence-electron chi connectivity index (χ2n) is 5.19. The summed E-state index contributed by atoms with van der Waals surface area (Å²) in [6, 6.07) is 5.81. The Labute approximate surface area is 133 Å². The number of hydrogen-bond donors (Lipinski definition) is 2. The van der Waals surface area contributed by atoms with E-state index in [9.17, 15) is 5.11 Å². The maximum absolute atomic E-state index is 10.6. The maximum atomic E-state index is 10.6. The Kier molecular flexibility index (Phi) is 5.01. The molecule has 0 unspecified atom stereocenters. The van der Waals surface area contributed by atoms with Crippen LogP contribution in [-0.2, 0) is 4.74 Å². The monoisotopic (exact) mass is 358 g/mol. The highest BCUT2D eigenvalue weighted by Gasteiger charge is 2.31. The van der Waals surface area contributed by atoms with Gasteiger partial charge in [-0.05, 0) is 28.1 Å². The van der Waals surface area contributed by atoms with Gasteiger partial charge in [-0.3, -0.25) is 0 Å². The van der Waals surface area contributed by atoms with E-state index in [4.69, 9.17) is 22.7 Å². The summed E-state index contributed by atoms with van der Waals surface area (Å²) < 4.78 is 6.18. The molecule has 1 saturated heterocycles. The Morgan fingerprint density at radius 2 is 2.15 bits per heavy atom. The van der Waals surface area contributed by atoms with Crippen molar-refractivity contribution in [3.8, 4) is 0 Å². The van der Waals surface area contributed by atoms with Gasteiger partial charge >= 0.3 is 0 Å². The van der Waals surface area contributed by atoms with Crippen LogP contribution in [0.4, 0.5) is 5.69 Å². The van der Waals surface area contributed by atoms with Crippen molar-refractivity contribution in [3.63, 3.8) is 0 Å². The summed E-state index contributed by atoms with van der Waals surface area (Å²) in [6.07, 6.45) is 1.29. The van der Waals surface area contributed by atoms with Crippen molar-refractivity contribution in [1.82, 2.24) is 0 Å². The van der Waals surface area contributed by atoms with Gasteiger partial charge in [-0.15, -0.1) is 0 Å². The standard InChI is InChI=1S/C14H19BrN2O2S/c1-17(9-14(18)5-7-19-8-6-14)11-4-2-3-10(15)12(11)13(16)20/h2-4,18H,5-9H2,1H3,(H2,16,20). The molecule has 1 heterocycles. The molecule has 0 aliphatic carbocycles. The molecule has 0 aromatic heterocycles. The van der Waals surface area contributed by atoms with Crippen molar-refractivity contribution in [2.24, 2.45) is 5.73 Å². The van der Waals surface area contributed by atoms with E-state index in [2.05, 4.69) is 15.9 Å². The fourth-order valence-electron chi connectivity index (χ4n) is 2.51. The Morgan fingerprint density at radius 1 is 1.50 bits per heavy atom. The number of ether oxygens (including phenoxy) is 1. The zero-order valence-corrected chi connectivity index (χ0v) is 13.8. The van der Waals surface area contributed by atoms with Gasteiger partial charge in [-0.25, -0.2) is 0 Å². The maximum Gasteiger partial charge on any atom is 0.107 e. The van der Waals surface area contributed by atoms with Crippen LogP contribution in [0.15, 0.2) is 22.7 Å². The molecule has 3 N–H and O–H groups in total. The Morgan fingerprint density at radius 3 is 2.75 bits per heavy atom. The second-order valence-corrected chi connectivity index (χ2v) is 6.49. The molecule has 4 nitrogen and oxygen atoms in total. The number of halogens is 1. The van der Waals surface area contributed by atoms with Crippen molar-refractivity contribution < 1.29 is 9.84 Å². The topological polar surface area (TPSA) is 58.7 Å². The largest absolute Gasteiger partial charge is 0.389 e. The van der Waals surface area contributed by atoms with Gasteiger partial charge in [0.05, 0.1) is 5.60 Å². The molecule has 0 radical (unpaired) electrons. The first kappa shape index (κ1) is 15.7. The number of likely N-dealkylation sites (N-methyl/N-ethyl adjacent to an activating group) is 1. The third kappa shape index (κ3) is 3.49. The van der Waals surface area contributed by atoms with Crippen molar-refractivity contribution in [1.29, 1.82) is 0 Å². The van der Waals surface area contributed by atoms with E-state index < -0.39 is 5.60 Å². The van der Waals surface area contributed by atoms with Crippen LogP contribution in [0.2, 0.25) is 0 Å². The molecule has 0 amide bonds. The molecule has 1 aromatic carbocycles. The minimum atomic E-state index is -0.719. The second kappa shape index (κ2) is 6.39. The average molecular weight is 359 g/mol. The molecule has 0 atom stereocenters. The van der Waals surface area contributed by atoms with Crippen molar-refractivity contribution >= 4 is 38.8 Å². The lowest BCUT2D eigenvalue weighted by Gasteiger charge is -2.36. The number of thiocarbonyl (C=S) groups is 1. The summed E-state index contributed by atoms with van der Waals surface area (Å²) in [5, 5.41) is 10.6. The van der Waals surface area contributed by atoms with E-state index in [1.54, 1.807) is 0 Å². The van der Waals surface area contributed by atoms with E-state index >= 15 is 0 Å². The number of rotatable bonds is 4. The highest BCUT2D eigenvalue weighted by molar-refractivity contribution is 9.10. The lowest BCUT2D eigenvalue weighted by molar-refractivity contribution is -0.0572. The minimum absolute atomic E-state index is 0.346. The lowest BCUT2D eigenvalue weighted by atomic mass is 9.93. The highest BCUT2D eigenvalue weighted by atomic mass is 79.9. The Bertz CT molecular complexity index is 504. The molecule has 20 heavy (non-hydrogen) atoms. The van der Waals surface area contributed by atoms with Crippen molar-refractivity contribution in [3.05, 3.63) is 28.2 Å². The third-order valence-electron chi connectivity index (χ3n) is 3.60. The molecule has 1 aromatic rings. The molecular formula is C14H19BrN2O2S. The summed E-state index contributed by atoms with van der Waals surface area (Å²) in [5.74, 6) is 0. The normalized spacial score (nSPS) is 17.8. The van der Waals surface area contributed by atoms with Crippen LogP contribution in [0.5, 0.6) is 0 Å². The number of hydrogen-bond acceptors (Lipinski definition) is 4. The molecule has 0 bridgehead atoms. The van der Waals surface area contributed by atoms with Gasteiger partial charge in [0.15, 0.2) is 0 Å². The van der Waals surface area contributed by atoms with Gasteiger partial charge < -0.3 is 20.5 Å². The van der Waals surface area contributed by atoms with E-state index in [0.717, 1.165) is 15.7 Å². The van der Waals surface area contributed by atoms with Crippen LogP contribution >= 0.6 is 28.1 Å². The van der Waals surface area contributed by atoms with E-state index in [-0.39, 0.29) is 0 Å². The zero-order chi connectivity index (χ0) is 14.8. The zero-order valence-electron chi connectivity index (χ0n) is 11.4. The predicted octanol–water partition coefficient (Wildman–Crippen LogP) is 2.06. The van der Waals surface area contributed by atoms with Crippen molar-refractivity contribution in [2.75, 3.05) is 31.7 Å². The smallest absolute Gasteiger partial charge is 0.107 e. The van der Waals surface area contributed by atoms with Crippen LogP contribution in [0.3, 0.4) is 0 Å². The number of aliphatic hydroxyl groups is 1. The molecule has 0 saturated carbocycles. The number of nitrogens with two attached hydrogens (primary N) is 1. The van der Waals surface area contributed by atoms with E-state index in [1.807, 2.05) is 30.1 Å². The molecule has 110 valence electrons. The van der Waals surface area contributed by atoms with Crippen LogP contribution in [-0.4, -0.2) is 42.5 Å². The fourth-order valence-corrected chi connectivity index (χ4v) is 3.43. The third-order valence-corrected chi connectivity index (χ3v) is 4.47. The molecular weight excluding hydrogens is 340 g/mol. The first-order valence-corrected chi connectivity index (χ1v) is 7.73. The summed E-state index contributed by atoms with van der Waals surface area (Å²) in [6.45, 7) is 1.73. The van der Waals surface area contributed by atoms with Crippen LogP contribution in [0.1, 0.15) is 18.4 Å². The Hall–Kier alpha value is -0.690.